The molecule has 3 rings (SSSR count). The number of nitrogens with two attached hydrogens (primary N) is 1. The lowest BCUT2D eigenvalue weighted by Crippen LogP contribution is -2.31. The van der Waals surface area contributed by atoms with E-state index in [-0.39, 0.29) is 5.95 Å². The largest absolute Gasteiger partial charge is 0.476 e. The van der Waals surface area contributed by atoms with Crippen molar-refractivity contribution in [1.29, 1.82) is 0 Å². The zero-order chi connectivity index (χ0) is 20.5. The van der Waals surface area contributed by atoms with E-state index in [4.69, 9.17) is 15.2 Å². The quantitative estimate of drug-likeness (QED) is 0.438. The summed E-state index contributed by atoms with van der Waals surface area (Å²) in [6, 6.07) is 0. The van der Waals surface area contributed by atoms with E-state index in [0.29, 0.717) is 30.1 Å². The molecule has 0 radical (unpaired) electrons. The summed E-state index contributed by atoms with van der Waals surface area (Å²) in [5.41, 5.74) is 6.69. The molecule has 2 aromatic heterocycles. The van der Waals surface area contributed by atoms with Gasteiger partial charge in [-0.2, -0.15) is 9.97 Å². The Morgan fingerprint density at radius 1 is 1.32 bits per heavy atom. The number of hydrogen-bond acceptors (Lipinski definition) is 8. The van der Waals surface area contributed by atoms with E-state index in [2.05, 4.69) is 41.5 Å². The van der Waals surface area contributed by atoms with E-state index in [1.165, 1.54) is 6.33 Å². The van der Waals surface area contributed by atoms with Gasteiger partial charge in [0.1, 0.15) is 12.2 Å². The van der Waals surface area contributed by atoms with Crippen LogP contribution in [-0.2, 0) is 4.74 Å². The lowest BCUT2D eigenvalue weighted by atomic mass is 10.1. The molecule has 0 bridgehead atoms. The van der Waals surface area contributed by atoms with E-state index in [1.807, 2.05) is 0 Å². The minimum absolute atomic E-state index is 0.0499. The first-order valence-corrected chi connectivity index (χ1v) is 12.6. The Balaban J connectivity index is 1.86. The SMILES string of the molecule is C=P(C)(C)CC[C@H]1OC(n2cnc3c(OCCCC)nc(N)nc32)[C@H](O)[C@@H]1O. The number of nitrogen functional groups attached to an aromatic ring is 1. The summed E-state index contributed by atoms with van der Waals surface area (Å²) in [5.74, 6) is 0.358. The fourth-order valence-corrected chi connectivity index (χ4v) is 4.13. The molecule has 0 saturated carbocycles. The highest BCUT2D eigenvalue weighted by Gasteiger charge is 2.44. The summed E-state index contributed by atoms with van der Waals surface area (Å²) in [4.78, 5) is 12.7. The highest BCUT2D eigenvalue weighted by Crippen LogP contribution is 2.40. The zero-order valence-electron chi connectivity index (χ0n) is 16.7. The summed E-state index contributed by atoms with van der Waals surface area (Å²) in [7, 11) is 0. The van der Waals surface area contributed by atoms with Crippen molar-refractivity contribution in [2.24, 2.45) is 0 Å². The van der Waals surface area contributed by atoms with Crippen LogP contribution in [0.2, 0.25) is 0 Å². The second kappa shape index (κ2) is 8.37. The van der Waals surface area contributed by atoms with Gasteiger partial charge in [-0.25, -0.2) is 4.98 Å². The van der Waals surface area contributed by atoms with Crippen LogP contribution in [0.3, 0.4) is 0 Å². The molecule has 3 heterocycles. The van der Waals surface area contributed by atoms with Gasteiger partial charge in [0.15, 0.2) is 17.4 Å². The number of anilines is 1. The molecule has 1 aliphatic rings. The number of unbranched alkanes of at least 4 members (excludes halogenated alkanes) is 1. The van der Waals surface area contributed by atoms with Crippen molar-refractivity contribution in [3.05, 3.63) is 6.33 Å². The normalized spacial score (nSPS) is 25.5. The van der Waals surface area contributed by atoms with Gasteiger partial charge in [-0.05, 0) is 32.3 Å². The molecule has 9 nitrogen and oxygen atoms in total. The number of hydrogen-bond donors (Lipinski definition) is 3. The van der Waals surface area contributed by atoms with Crippen LogP contribution in [-0.4, -0.2) is 80.4 Å². The molecule has 0 spiro atoms. The molecule has 0 aromatic carbocycles. The molecule has 4 atom stereocenters. The number of aliphatic hydroxyl groups is 2. The monoisotopic (exact) mass is 411 g/mol. The number of rotatable bonds is 8. The molecule has 4 N–H and O–H groups in total. The van der Waals surface area contributed by atoms with Crippen LogP contribution < -0.4 is 10.5 Å². The topological polar surface area (TPSA) is 129 Å². The zero-order valence-corrected chi connectivity index (χ0v) is 17.5. The number of aliphatic hydroxyl groups excluding tert-OH is 2. The first-order chi connectivity index (χ1) is 13.2. The third kappa shape index (κ3) is 4.49. The fraction of sp³-hybridized carbons (Fsp3) is 0.667. The maximum absolute atomic E-state index is 10.6. The van der Waals surface area contributed by atoms with Crippen LogP contribution in [0.4, 0.5) is 5.95 Å². The standard InChI is InChI=1S/C18H30N5O4P/c1-5-6-8-26-16-12-15(21-18(19)22-16)23(10-20-12)17-14(25)13(24)11(27-17)7-9-28(2,3)4/h10-11,13-14,17,24-25H,2,5-9H2,1,3-4H3,(H2,19,21,22)/t11-,13-,14-,17?/m1/s1. The van der Waals surface area contributed by atoms with Gasteiger partial charge < -0.3 is 25.4 Å². The highest BCUT2D eigenvalue weighted by atomic mass is 31.2. The number of aromatic nitrogens is 4. The van der Waals surface area contributed by atoms with Gasteiger partial charge in [0.05, 0.1) is 19.0 Å². The Kier molecular flexibility index (Phi) is 6.29. The van der Waals surface area contributed by atoms with Crippen molar-refractivity contribution in [2.75, 3.05) is 31.8 Å². The fourth-order valence-electron chi connectivity index (χ4n) is 3.18. The Bertz CT molecular complexity index is 867. The third-order valence-electron chi connectivity index (χ3n) is 4.77. The Morgan fingerprint density at radius 3 is 2.75 bits per heavy atom. The van der Waals surface area contributed by atoms with Crippen molar-refractivity contribution in [2.45, 2.75) is 50.7 Å². The first kappa shape index (κ1) is 21.0. The molecule has 28 heavy (non-hydrogen) atoms. The summed E-state index contributed by atoms with van der Waals surface area (Å²) in [6.45, 7) is 5.58. The Hall–Kier alpha value is -1.67. The van der Waals surface area contributed by atoms with Crippen LogP contribution in [0.5, 0.6) is 5.88 Å². The Labute approximate surface area is 164 Å². The van der Waals surface area contributed by atoms with Gasteiger partial charge in [-0.15, -0.1) is 13.2 Å². The van der Waals surface area contributed by atoms with Gasteiger partial charge in [-0.3, -0.25) is 4.57 Å². The highest BCUT2D eigenvalue weighted by molar-refractivity contribution is 7.72. The number of nitrogens with zero attached hydrogens (tertiary/aromatic N) is 4. The van der Waals surface area contributed by atoms with Gasteiger partial charge >= 0.3 is 0 Å². The number of imidazole rings is 1. The average Bonchev–Trinajstić information content (AvgIpc) is 3.15. The molecule has 0 aliphatic carbocycles. The predicted molar refractivity (Wildman–Crippen MR) is 111 cm³/mol. The van der Waals surface area contributed by atoms with Gasteiger partial charge in [0.25, 0.3) is 0 Å². The third-order valence-corrected chi connectivity index (χ3v) is 6.24. The Morgan fingerprint density at radius 2 is 2.07 bits per heavy atom. The van der Waals surface area contributed by atoms with E-state index in [9.17, 15) is 10.2 Å². The average molecular weight is 411 g/mol. The van der Waals surface area contributed by atoms with Crippen molar-refractivity contribution in [3.8, 4) is 5.88 Å². The van der Waals surface area contributed by atoms with Crippen LogP contribution in [0, 0.1) is 0 Å². The second-order valence-electron chi connectivity index (χ2n) is 7.91. The maximum atomic E-state index is 10.6. The van der Waals surface area contributed by atoms with Crippen molar-refractivity contribution in [1.82, 2.24) is 19.5 Å². The van der Waals surface area contributed by atoms with Crippen molar-refractivity contribution < 1.29 is 19.7 Å². The van der Waals surface area contributed by atoms with Crippen LogP contribution in [0.15, 0.2) is 6.33 Å². The molecule has 0 amide bonds. The minimum atomic E-state index is -1.26. The van der Waals surface area contributed by atoms with Crippen LogP contribution in [0.25, 0.3) is 11.2 Å². The molecule has 1 saturated heterocycles. The second-order valence-corrected chi connectivity index (χ2v) is 12.2. The molecule has 2 aromatic rings. The van der Waals surface area contributed by atoms with Crippen LogP contribution in [0.1, 0.15) is 32.4 Å². The molecular formula is C18H30N5O4P. The molecule has 10 heteroatoms. The molecule has 1 unspecified atom stereocenters. The summed E-state index contributed by atoms with van der Waals surface area (Å²) in [6.07, 6.45) is 5.69. The summed E-state index contributed by atoms with van der Waals surface area (Å²) >= 11 is 0. The van der Waals surface area contributed by atoms with E-state index in [0.717, 1.165) is 19.0 Å². The molecule has 156 valence electrons. The predicted octanol–water partition coefficient (Wildman–Crippen LogP) is 1.31. The minimum Gasteiger partial charge on any atom is -0.476 e. The smallest absolute Gasteiger partial charge is 0.247 e. The van der Waals surface area contributed by atoms with Gasteiger partial charge in [-0.1, -0.05) is 13.3 Å². The first-order valence-electron chi connectivity index (χ1n) is 9.53. The summed E-state index contributed by atoms with van der Waals surface area (Å²) in [5, 5.41) is 21.0. The lowest BCUT2D eigenvalue weighted by Gasteiger charge is -2.18. The van der Waals surface area contributed by atoms with Crippen LogP contribution >= 0.6 is 6.89 Å². The van der Waals surface area contributed by atoms with Gasteiger partial charge in [0, 0.05) is 0 Å². The number of fused-ring (bicyclic) bond motifs is 1. The molecule has 1 fully saturated rings. The van der Waals surface area contributed by atoms with Crippen molar-refractivity contribution in [3.63, 3.8) is 0 Å². The summed E-state index contributed by atoms with van der Waals surface area (Å²) < 4.78 is 13.3. The van der Waals surface area contributed by atoms with Crippen molar-refractivity contribution >= 4 is 30.3 Å². The van der Waals surface area contributed by atoms with E-state index < -0.39 is 31.4 Å². The van der Waals surface area contributed by atoms with E-state index >= 15 is 0 Å². The maximum Gasteiger partial charge on any atom is 0.247 e. The van der Waals surface area contributed by atoms with E-state index in [1.54, 1.807) is 4.57 Å². The van der Waals surface area contributed by atoms with Gasteiger partial charge in [0.2, 0.25) is 11.8 Å². The molecular weight excluding hydrogens is 381 g/mol. The number of ether oxygens (including phenoxy) is 2. The lowest BCUT2D eigenvalue weighted by molar-refractivity contribution is -0.0353. The molecule has 1 aliphatic heterocycles.